The summed E-state index contributed by atoms with van der Waals surface area (Å²) < 4.78 is 2.03. The highest BCUT2D eigenvalue weighted by molar-refractivity contribution is 5.97. The van der Waals surface area contributed by atoms with Crippen molar-refractivity contribution >= 4 is 5.78 Å². The van der Waals surface area contributed by atoms with Gasteiger partial charge in [0.2, 0.25) is 0 Å². The second-order valence-electron chi connectivity index (χ2n) is 4.94. The summed E-state index contributed by atoms with van der Waals surface area (Å²) in [5.41, 5.74) is 1.94. The summed E-state index contributed by atoms with van der Waals surface area (Å²) in [6.45, 7) is 4.87. The van der Waals surface area contributed by atoms with E-state index in [2.05, 4.69) is 15.1 Å². The van der Waals surface area contributed by atoms with Crippen molar-refractivity contribution in [2.24, 2.45) is 0 Å². The summed E-state index contributed by atoms with van der Waals surface area (Å²) in [7, 11) is 0. The van der Waals surface area contributed by atoms with E-state index in [0.717, 1.165) is 24.5 Å². The molecule has 5 heteroatoms. The van der Waals surface area contributed by atoms with Gasteiger partial charge in [0.15, 0.2) is 5.78 Å². The number of hydrogen-bond donors (Lipinski definition) is 0. The van der Waals surface area contributed by atoms with Crippen LogP contribution < -0.4 is 0 Å². The number of Topliss-reactive ketones (excluding diaryl/α,β-unsaturated/α-hetero) is 1. The second kappa shape index (κ2) is 4.93. The van der Waals surface area contributed by atoms with E-state index in [4.69, 9.17) is 0 Å². The Hall–Kier alpha value is -2.01. The summed E-state index contributed by atoms with van der Waals surface area (Å²) in [4.78, 5) is 14.3. The molecule has 1 aromatic carbocycles. The highest BCUT2D eigenvalue weighted by Gasteiger charge is 2.19. The van der Waals surface area contributed by atoms with E-state index < -0.39 is 0 Å². The average molecular weight is 256 g/mol. The molecule has 98 valence electrons. The van der Waals surface area contributed by atoms with Crippen molar-refractivity contribution in [3.05, 3.63) is 47.5 Å². The fraction of sp³-hybridized carbons (Fsp3) is 0.357. The van der Waals surface area contributed by atoms with Crippen LogP contribution in [0.25, 0.3) is 0 Å². The molecule has 2 aromatic rings. The van der Waals surface area contributed by atoms with Crippen LogP contribution in [0.4, 0.5) is 0 Å². The minimum Gasteiger partial charge on any atom is -0.315 e. The maximum atomic E-state index is 12.2. The number of ketones is 1. The van der Waals surface area contributed by atoms with Gasteiger partial charge in [0, 0.05) is 18.7 Å². The van der Waals surface area contributed by atoms with Gasteiger partial charge in [0.1, 0.15) is 12.2 Å². The first-order valence-corrected chi connectivity index (χ1v) is 6.41. The van der Waals surface area contributed by atoms with Crippen molar-refractivity contribution < 1.29 is 4.79 Å². The zero-order valence-corrected chi connectivity index (χ0v) is 10.9. The summed E-state index contributed by atoms with van der Waals surface area (Å²) in [5, 5.41) is 7.95. The zero-order chi connectivity index (χ0) is 13.2. The Kier molecular flexibility index (Phi) is 3.13. The smallest absolute Gasteiger partial charge is 0.176 e. The molecule has 0 N–H and O–H groups in total. The van der Waals surface area contributed by atoms with Crippen LogP contribution in [0, 0.1) is 6.92 Å². The van der Waals surface area contributed by atoms with Crippen LogP contribution in [-0.2, 0) is 13.1 Å². The maximum Gasteiger partial charge on any atom is 0.176 e. The van der Waals surface area contributed by atoms with Crippen LogP contribution in [0.2, 0.25) is 0 Å². The Morgan fingerprint density at radius 3 is 2.84 bits per heavy atom. The van der Waals surface area contributed by atoms with Gasteiger partial charge >= 0.3 is 0 Å². The Balaban J connectivity index is 1.66. The molecule has 0 aliphatic carbocycles. The Morgan fingerprint density at radius 1 is 1.26 bits per heavy atom. The van der Waals surface area contributed by atoms with Gasteiger partial charge in [-0.15, -0.1) is 10.2 Å². The molecule has 0 spiro atoms. The number of fused-ring (bicyclic) bond motifs is 1. The van der Waals surface area contributed by atoms with Crippen LogP contribution in [0.15, 0.2) is 30.6 Å². The predicted molar refractivity (Wildman–Crippen MR) is 70.8 cm³/mol. The van der Waals surface area contributed by atoms with Gasteiger partial charge in [-0.05, 0) is 6.92 Å². The van der Waals surface area contributed by atoms with Crippen molar-refractivity contribution in [2.75, 3.05) is 13.1 Å². The van der Waals surface area contributed by atoms with E-state index >= 15 is 0 Å². The van der Waals surface area contributed by atoms with Crippen molar-refractivity contribution in [3.63, 3.8) is 0 Å². The molecule has 0 amide bonds. The van der Waals surface area contributed by atoms with Crippen LogP contribution in [0.1, 0.15) is 21.7 Å². The van der Waals surface area contributed by atoms with Gasteiger partial charge in [-0.1, -0.05) is 29.8 Å². The molecule has 1 aromatic heterocycles. The van der Waals surface area contributed by atoms with Crippen molar-refractivity contribution in [3.8, 4) is 0 Å². The molecule has 0 saturated carbocycles. The van der Waals surface area contributed by atoms with E-state index in [0.29, 0.717) is 13.1 Å². The lowest BCUT2D eigenvalue weighted by Crippen LogP contribution is -2.37. The van der Waals surface area contributed by atoms with Gasteiger partial charge in [0.25, 0.3) is 0 Å². The minimum atomic E-state index is 0.160. The topological polar surface area (TPSA) is 51.0 Å². The molecule has 0 bridgehead atoms. The third kappa shape index (κ3) is 2.56. The van der Waals surface area contributed by atoms with Crippen molar-refractivity contribution in [2.45, 2.75) is 20.0 Å². The molecule has 0 fully saturated rings. The Morgan fingerprint density at radius 2 is 2.05 bits per heavy atom. The quantitative estimate of drug-likeness (QED) is 0.776. The number of aryl methyl sites for hydroxylation is 1. The summed E-state index contributed by atoms with van der Waals surface area (Å²) >= 11 is 0. The second-order valence-corrected chi connectivity index (χ2v) is 4.94. The molecule has 0 atom stereocenters. The fourth-order valence-electron chi connectivity index (χ4n) is 2.29. The molecule has 1 aliphatic rings. The first kappa shape index (κ1) is 12.0. The van der Waals surface area contributed by atoms with E-state index in [9.17, 15) is 4.79 Å². The summed E-state index contributed by atoms with van der Waals surface area (Å²) in [6.07, 6.45) is 1.74. The molecule has 2 heterocycles. The molecule has 1 aliphatic heterocycles. The fourth-order valence-corrected chi connectivity index (χ4v) is 2.29. The van der Waals surface area contributed by atoms with Crippen molar-refractivity contribution in [1.82, 2.24) is 19.7 Å². The number of benzene rings is 1. The van der Waals surface area contributed by atoms with E-state index in [1.54, 1.807) is 6.33 Å². The van der Waals surface area contributed by atoms with Crippen LogP contribution in [-0.4, -0.2) is 38.5 Å². The predicted octanol–water partition coefficient (Wildman–Crippen LogP) is 1.29. The number of hydrogen-bond acceptors (Lipinski definition) is 4. The Bertz CT molecular complexity index is 588. The highest BCUT2D eigenvalue weighted by atomic mass is 16.1. The first-order valence-electron chi connectivity index (χ1n) is 6.41. The zero-order valence-electron chi connectivity index (χ0n) is 10.9. The standard InChI is InChI=1S/C14H16N4O/c1-11-2-4-12(5-3-11)13(19)8-17-6-7-18-10-15-16-14(18)9-17/h2-5,10H,6-9H2,1H3. The molecule has 0 saturated heterocycles. The Labute approximate surface area is 111 Å². The van der Waals surface area contributed by atoms with E-state index in [-0.39, 0.29) is 5.78 Å². The molecule has 0 radical (unpaired) electrons. The molecule has 0 unspecified atom stereocenters. The SMILES string of the molecule is Cc1ccc(C(=O)CN2CCn3cnnc3C2)cc1. The summed E-state index contributed by atoms with van der Waals surface area (Å²) in [5.74, 6) is 1.09. The van der Waals surface area contributed by atoms with Gasteiger partial charge in [-0.2, -0.15) is 0 Å². The number of nitrogens with zero attached hydrogens (tertiary/aromatic N) is 4. The van der Waals surface area contributed by atoms with Crippen LogP contribution in [0.5, 0.6) is 0 Å². The monoisotopic (exact) mass is 256 g/mol. The number of carbonyl (C=O) groups is 1. The number of aromatic nitrogens is 3. The largest absolute Gasteiger partial charge is 0.315 e. The van der Waals surface area contributed by atoms with Crippen molar-refractivity contribution in [1.29, 1.82) is 0 Å². The van der Waals surface area contributed by atoms with Gasteiger partial charge in [-0.3, -0.25) is 9.69 Å². The van der Waals surface area contributed by atoms with Gasteiger partial charge < -0.3 is 4.57 Å². The minimum absolute atomic E-state index is 0.160. The molecule has 19 heavy (non-hydrogen) atoms. The summed E-state index contributed by atoms with van der Waals surface area (Å²) in [6, 6.07) is 7.73. The molecule has 3 rings (SSSR count). The van der Waals surface area contributed by atoms with Gasteiger partial charge in [-0.25, -0.2) is 0 Å². The van der Waals surface area contributed by atoms with Crippen LogP contribution in [0.3, 0.4) is 0 Å². The third-order valence-corrected chi connectivity index (χ3v) is 3.46. The lowest BCUT2D eigenvalue weighted by molar-refractivity contribution is 0.0908. The van der Waals surface area contributed by atoms with Crippen LogP contribution >= 0.6 is 0 Å². The lowest BCUT2D eigenvalue weighted by atomic mass is 10.1. The average Bonchev–Trinajstić information content (AvgIpc) is 2.87. The third-order valence-electron chi connectivity index (χ3n) is 3.46. The normalized spacial score (nSPS) is 15.2. The number of carbonyl (C=O) groups excluding carboxylic acids is 1. The molecular weight excluding hydrogens is 240 g/mol. The van der Waals surface area contributed by atoms with E-state index in [1.165, 1.54) is 5.56 Å². The van der Waals surface area contributed by atoms with E-state index in [1.807, 2.05) is 35.8 Å². The first-order chi connectivity index (χ1) is 9.22. The van der Waals surface area contributed by atoms with Gasteiger partial charge in [0.05, 0.1) is 13.1 Å². The maximum absolute atomic E-state index is 12.2. The molecular formula is C14H16N4O. The lowest BCUT2D eigenvalue weighted by Gasteiger charge is -2.26. The highest BCUT2D eigenvalue weighted by Crippen LogP contribution is 2.11. The number of rotatable bonds is 3. The molecule has 5 nitrogen and oxygen atoms in total.